The quantitative estimate of drug-likeness (QED) is 0.705. The Morgan fingerprint density at radius 3 is 2.39 bits per heavy atom. The lowest BCUT2D eigenvalue weighted by molar-refractivity contribution is -0.147. The normalized spacial score (nSPS) is 19.2. The van der Waals surface area contributed by atoms with E-state index in [4.69, 9.17) is 5.73 Å². The molecule has 0 saturated heterocycles. The number of anilines is 1. The van der Waals surface area contributed by atoms with Crippen molar-refractivity contribution in [3.05, 3.63) is 40.3 Å². The zero-order chi connectivity index (χ0) is 20.4. The summed E-state index contributed by atoms with van der Waals surface area (Å²) >= 11 is 1.23. The van der Waals surface area contributed by atoms with Gasteiger partial charge in [0.15, 0.2) is 0 Å². The predicted octanol–water partition coefficient (Wildman–Crippen LogP) is 3.96. The molecule has 7 heteroatoms. The van der Waals surface area contributed by atoms with Crippen LogP contribution in [0, 0.1) is 25.7 Å². The summed E-state index contributed by atoms with van der Waals surface area (Å²) in [4.78, 5) is 36.4. The maximum Gasteiger partial charge on any atom is 0.307 e. The van der Waals surface area contributed by atoms with Crippen molar-refractivity contribution >= 4 is 34.1 Å². The van der Waals surface area contributed by atoms with Crippen molar-refractivity contribution in [1.82, 2.24) is 0 Å². The largest absolute Gasteiger partial charge is 0.481 e. The Morgan fingerprint density at radius 2 is 1.79 bits per heavy atom. The zero-order valence-electron chi connectivity index (χ0n) is 16.0. The summed E-state index contributed by atoms with van der Waals surface area (Å²) in [5.41, 5.74) is 9.65. The third-order valence-corrected chi connectivity index (χ3v) is 6.41. The molecule has 1 aromatic carbocycles. The van der Waals surface area contributed by atoms with Gasteiger partial charge in [-0.05, 0) is 43.4 Å². The lowest BCUT2D eigenvalue weighted by Crippen LogP contribution is -2.36. The van der Waals surface area contributed by atoms with E-state index in [2.05, 4.69) is 5.32 Å². The molecule has 1 heterocycles. The second-order valence-electron chi connectivity index (χ2n) is 7.34. The number of carboxylic acid groups (broad SMARTS) is 1. The molecule has 1 aliphatic rings. The van der Waals surface area contributed by atoms with Gasteiger partial charge in [-0.1, -0.05) is 31.0 Å². The summed E-state index contributed by atoms with van der Waals surface area (Å²) in [5, 5.41) is 14.4. The standard InChI is InChI=1S/C21H24N2O4S/c1-11-7-8-13(9-12(11)2)16-10-28-20(17(16)18(22)24)23-19(25)14-5-3-4-6-15(14)21(26)27/h7-10,14-15H,3-6H2,1-2H3,(H2,22,24)(H,23,25)(H,26,27)/t14-,15-/m1/s1. The van der Waals surface area contributed by atoms with Crippen molar-refractivity contribution in [3.63, 3.8) is 0 Å². The fourth-order valence-electron chi connectivity index (χ4n) is 3.76. The SMILES string of the molecule is Cc1ccc(-c2csc(NC(=O)[C@@H]3CCCC[C@H]3C(=O)O)c2C(N)=O)cc1C. The molecule has 6 nitrogen and oxygen atoms in total. The van der Waals surface area contributed by atoms with Gasteiger partial charge in [0, 0.05) is 10.9 Å². The Hall–Kier alpha value is -2.67. The molecular weight excluding hydrogens is 376 g/mol. The molecule has 1 saturated carbocycles. The number of benzene rings is 1. The summed E-state index contributed by atoms with van der Waals surface area (Å²) in [7, 11) is 0. The van der Waals surface area contributed by atoms with E-state index < -0.39 is 23.7 Å². The molecule has 2 aromatic rings. The van der Waals surface area contributed by atoms with E-state index in [0.29, 0.717) is 23.4 Å². The maximum atomic E-state index is 12.8. The molecule has 1 aliphatic carbocycles. The second kappa shape index (κ2) is 8.14. The van der Waals surface area contributed by atoms with Crippen LogP contribution in [-0.2, 0) is 9.59 Å². The lowest BCUT2D eigenvalue weighted by Gasteiger charge is -2.27. The van der Waals surface area contributed by atoms with E-state index in [9.17, 15) is 19.5 Å². The smallest absolute Gasteiger partial charge is 0.307 e. The summed E-state index contributed by atoms with van der Waals surface area (Å²) in [6, 6.07) is 5.88. The van der Waals surface area contributed by atoms with Gasteiger partial charge in [-0.2, -0.15) is 0 Å². The Morgan fingerprint density at radius 1 is 1.11 bits per heavy atom. The highest BCUT2D eigenvalue weighted by Gasteiger charge is 2.36. The van der Waals surface area contributed by atoms with Gasteiger partial charge >= 0.3 is 5.97 Å². The molecular formula is C21H24N2O4S. The summed E-state index contributed by atoms with van der Waals surface area (Å²) in [6.07, 6.45) is 2.66. The van der Waals surface area contributed by atoms with Crippen LogP contribution in [0.3, 0.4) is 0 Å². The van der Waals surface area contributed by atoms with Crippen molar-refractivity contribution in [1.29, 1.82) is 0 Å². The fraction of sp³-hybridized carbons (Fsp3) is 0.381. The van der Waals surface area contributed by atoms with Gasteiger partial charge in [0.25, 0.3) is 5.91 Å². The van der Waals surface area contributed by atoms with Crippen LogP contribution in [0.15, 0.2) is 23.6 Å². The molecule has 0 unspecified atom stereocenters. The highest BCUT2D eigenvalue weighted by atomic mass is 32.1. The highest BCUT2D eigenvalue weighted by molar-refractivity contribution is 7.15. The van der Waals surface area contributed by atoms with Crippen molar-refractivity contribution in [2.75, 3.05) is 5.32 Å². The van der Waals surface area contributed by atoms with Crippen LogP contribution in [0.1, 0.15) is 47.2 Å². The number of rotatable bonds is 5. The van der Waals surface area contributed by atoms with E-state index in [1.807, 2.05) is 32.0 Å². The Labute approximate surface area is 167 Å². The number of carbonyl (C=O) groups is 3. The first-order valence-corrected chi connectivity index (χ1v) is 10.2. The van der Waals surface area contributed by atoms with E-state index >= 15 is 0 Å². The van der Waals surface area contributed by atoms with E-state index in [1.54, 1.807) is 5.38 Å². The summed E-state index contributed by atoms with van der Waals surface area (Å²) in [5.74, 6) is -3.22. The molecule has 1 fully saturated rings. The molecule has 2 atom stereocenters. The van der Waals surface area contributed by atoms with Crippen molar-refractivity contribution in [3.8, 4) is 11.1 Å². The number of amides is 2. The second-order valence-corrected chi connectivity index (χ2v) is 8.22. The number of aryl methyl sites for hydroxylation is 2. The average Bonchev–Trinajstić information content (AvgIpc) is 3.07. The number of hydrogen-bond acceptors (Lipinski definition) is 4. The Bertz CT molecular complexity index is 934. The molecule has 0 radical (unpaired) electrons. The summed E-state index contributed by atoms with van der Waals surface area (Å²) in [6.45, 7) is 4.00. The molecule has 0 bridgehead atoms. The van der Waals surface area contributed by atoms with Crippen LogP contribution in [0.2, 0.25) is 0 Å². The minimum atomic E-state index is -0.947. The topological polar surface area (TPSA) is 109 Å². The van der Waals surface area contributed by atoms with Crippen molar-refractivity contribution in [2.45, 2.75) is 39.5 Å². The Balaban J connectivity index is 1.91. The van der Waals surface area contributed by atoms with Crippen LogP contribution < -0.4 is 11.1 Å². The third-order valence-electron chi connectivity index (χ3n) is 5.51. The van der Waals surface area contributed by atoms with Gasteiger partial charge in [0.1, 0.15) is 5.00 Å². The van der Waals surface area contributed by atoms with Gasteiger partial charge in [-0.25, -0.2) is 0 Å². The number of nitrogens with two attached hydrogens (primary N) is 1. The minimum absolute atomic E-state index is 0.268. The zero-order valence-corrected chi connectivity index (χ0v) is 16.8. The maximum absolute atomic E-state index is 12.8. The molecule has 1 aromatic heterocycles. The molecule has 4 N–H and O–H groups in total. The summed E-state index contributed by atoms with van der Waals surface area (Å²) < 4.78 is 0. The molecule has 2 amide bonds. The lowest BCUT2D eigenvalue weighted by atomic mass is 9.78. The first-order chi connectivity index (χ1) is 13.3. The van der Waals surface area contributed by atoms with E-state index in [0.717, 1.165) is 29.5 Å². The van der Waals surface area contributed by atoms with Crippen LogP contribution in [0.25, 0.3) is 11.1 Å². The van der Waals surface area contributed by atoms with Gasteiger partial charge in [-0.3, -0.25) is 14.4 Å². The van der Waals surface area contributed by atoms with E-state index in [1.165, 1.54) is 11.3 Å². The van der Waals surface area contributed by atoms with Gasteiger partial charge in [0.05, 0.1) is 17.4 Å². The first-order valence-electron chi connectivity index (χ1n) is 9.32. The number of primary amides is 1. The van der Waals surface area contributed by atoms with E-state index in [-0.39, 0.29) is 11.5 Å². The highest BCUT2D eigenvalue weighted by Crippen LogP contribution is 2.37. The number of carboxylic acids is 1. The minimum Gasteiger partial charge on any atom is -0.481 e. The molecule has 28 heavy (non-hydrogen) atoms. The van der Waals surface area contributed by atoms with Gasteiger partial charge in [0.2, 0.25) is 5.91 Å². The van der Waals surface area contributed by atoms with Crippen molar-refractivity contribution < 1.29 is 19.5 Å². The van der Waals surface area contributed by atoms with Crippen LogP contribution in [0.4, 0.5) is 5.00 Å². The van der Waals surface area contributed by atoms with Crippen molar-refractivity contribution in [2.24, 2.45) is 17.6 Å². The number of aliphatic carboxylic acids is 1. The molecule has 3 rings (SSSR count). The molecule has 148 valence electrons. The number of nitrogens with one attached hydrogen (secondary N) is 1. The monoisotopic (exact) mass is 400 g/mol. The predicted molar refractivity (Wildman–Crippen MR) is 109 cm³/mol. The fourth-order valence-corrected chi connectivity index (χ4v) is 4.74. The average molecular weight is 401 g/mol. The third kappa shape index (κ3) is 3.94. The number of carbonyl (C=O) groups excluding carboxylic acids is 2. The number of thiophene rings is 1. The first kappa shape index (κ1) is 20.1. The molecule has 0 spiro atoms. The molecule has 0 aliphatic heterocycles. The van der Waals surface area contributed by atoms with Crippen LogP contribution in [0.5, 0.6) is 0 Å². The van der Waals surface area contributed by atoms with Gasteiger partial charge < -0.3 is 16.2 Å². The van der Waals surface area contributed by atoms with Crippen LogP contribution >= 0.6 is 11.3 Å². The Kier molecular flexibility index (Phi) is 5.84. The van der Waals surface area contributed by atoms with Gasteiger partial charge in [-0.15, -0.1) is 11.3 Å². The van der Waals surface area contributed by atoms with Crippen LogP contribution in [-0.4, -0.2) is 22.9 Å². The number of hydrogen-bond donors (Lipinski definition) is 3.